The van der Waals surface area contributed by atoms with Gasteiger partial charge in [0.25, 0.3) is 0 Å². The molecule has 0 saturated heterocycles. The fourth-order valence-corrected chi connectivity index (χ4v) is 4.57. The average Bonchev–Trinajstić information content (AvgIpc) is 2.88. The number of hydrogen-bond acceptors (Lipinski definition) is 3. The van der Waals surface area contributed by atoms with Crippen LogP contribution in [0.15, 0.2) is 53.0 Å². The van der Waals surface area contributed by atoms with E-state index >= 15 is 0 Å². The molecule has 1 aliphatic rings. The van der Waals surface area contributed by atoms with Crippen LogP contribution in [0.1, 0.15) is 19.4 Å². The Bertz CT molecular complexity index is 1170. The lowest BCUT2D eigenvalue weighted by molar-refractivity contribution is 0.290. The van der Waals surface area contributed by atoms with Crippen molar-refractivity contribution in [1.82, 2.24) is 0 Å². The van der Waals surface area contributed by atoms with Crippen molar-refractivity contribution >= 4 is 42.4 Å². The van der Waals surface area contributed by atoms with E-state index in [4.69, 9.17) is 4.74 Å². The third-order valence-electron chi connectivity index (χ3n) is 4.83. The van der Waals surface area contributed by atoms with Gasteiger partial charge >= 0.3 is 0 Å². The predicted octanol–water partition coefficient (Wildman–Crippen LogP) is 5.31. The number of nitrogens with one attached hydrogen (secondary N) is 1. The van der Waals surface area contributed by atoms with Gasteiger partial charge in [-0.3, -0.25) is 4.72 Å². The van der Waals surface area contributed by atoms with Crippen molar-refractivity contribution in [2.24, 2.45) is 0 Å². The number of benzene rings is 3. The van der Waals surface area contributed by atoms with Gasteiger partial charge in [0.2, 0.25) is 10.0 Å². The minimum atomic E-state index is -3.29. The van der Waals surface area contributed by atoms with E-state index in [-0.39, 0.29) is 5.41 Å². The molecular formula is C21H20BrNO3S. The number of sulfonamides is 1. The number of anilines is 1. The van der Waals surface area contributed by atoms with E-state index < -0.39 is 10.0 Å². The molecule has 1 N–H and O–H groups in total. The van der Waals surface area contributed by atoms with E-state index in [2.05, 4.69) is 58.8 Å². The third-order valence-corrected chi connectivity index (χ3v) is 6.02. The number of rotatable bonds is 3. The SMILES string of the molecule is CC1(C)COc2c(Br)cc(-c3ccc4cc(NS(C)(=O)=O)ccc4c3)cc21. The maximum absolute atomic E-state index is 11.4. The molecule has 0 atom stereocenters. The summed E-state index contributed by atoms with van der Waals surface area (Å²) in [6, 6.07) is 16.0. The van der Waals surface area contributed by atoms with Gasteiger partial charge < -0.3 is 4.74 Å². The Morgan fingerprint density at radius 3 is 2.44 bits per heavy atom. The van der Waals surface area contributed by atoms with Crippen LogP contribution < -0.4 is 9.46 Å². The monoisotopic (exact) mass is 445 g/mol. The highest BCUT2D eigenvalue weighted by Gasteiger charge is 2.33. The Kier molecular flexibility index (Phi) is 4.24. The Morgan fingerprint density at radius 1 is 1.00 bits per heavy atom. The number of fused-ring (bicyclic) bond motifs is 2. The zero-order valence-corrected chi connectivity index (χ0v) is 17.7. The Hall–Kier alpha value is -2.05. The second kappa shape index (κ2) is 6.24. The largest absolute Gasteiger partial charge is 0.491 e. The van der Waals surface area contributed by atoms with Crippen molar-refractivity contribution in [2.75, 3.05) is 17.6 Å². The molecule has 0 amide bonds. The lowest BCUT2D eigenvalue weighted by atomic mass is 9.85. The summed E-state index contributed by atoms with van der Waals surface area (Å²) in [4.78, 5) is 0. The number of halogens is 1. The van der Waals surface area contributed by atoms with Gasteiger partial charge in [0.15, 0.2) is 0 Å². The molecule has 1 aliphatic heterocycles. The van der Waals surface area contributed by atoms with Crippen LogP contribution >= 0.6 is 15.9 Å². The van der Waals surface area contributed by atoms with Gasteiger partial charge in [-0.15, -0.1) is 0 Å². The standard InChI is InChI=1S/C21H20BrNO3S/c1-21(2)12-26-20-18(21)10-16(11-19(20)22)14-4-5-15-9-17(23-27(3,24)25)7-6-13(15)8-14/h4-11,23H,12H2,1-3H3. The molecule has 0 radical (unpaired) electrons. The normalized spacial score (nSPS) is 15.4. The van der Waals surface area contributed by atoms with Gasteiger partial charge in [-0.05, 0) is 68.2 Å². The average molecular weight is 446 g/mol. The summed E-state index contributed by atoms with van der Waals surface area (Å²) in [7, 11) is -3.29. The first-order valence-electron chi connectivity index (χ1n) is 8.61. The second-order valence-corrected chi connectivity index (χ2v) is 10.3. The lowest BCUT2D eigenvalue weighted by Gasteiger charge is -2.16. The molecule has 0 unspecified atom stereocenters. The highest BCUT2D eigenvalue weighted by Crippen LogP contribution is 2.45. The van der Waals surface area contributed by atoms with Crippen LogP contribution in [-0.4, -0.2) is 21.3 Å². The van der Waals surface area contributed by atoms with Crippen LogP contribution in [0.4, 0.5) is 5.69 Å². The number of hydrogen-bond donors (Lipinski definition) is 1. The molecule has 27 heavy (non-hydrogen) atoms. The van der Waals surface area contributed by atoms with Gasteiger partial charge in [-0.1, -0.05) is 32.0 Å². The van der Waals surface area contributed by atoms with Crippen LogP contribution in [-0.2, 0) is 15.4 Å². The molecule has 0 aliphatic carbocycles. The summed E-state index contributed by atoms with van der Waals surface area (Å²) < 4.78 is 32.2. The minimum absolute atomic E-state index is 0.0169. The van der Waals surface area contributed by atoms with Crippen molar-refractivity contribution in [2.45, 2.75) is 19.3 Å². The van der Waals surface area contributed by atoms with Crippen LogP contribution in [0.25, 0.3) is 21.9 Å². The van der Waals surface area contributed by atoms with E-state index in [1.165, 1.54) is 5.56 Å². The second-order valence-electron chi connectivity index (χ2n) is 7.66. The molecule has 0 fully saturated rings. The Morgan fingerprint density at radius 2 is 1.70 bits per heavy atom. The topological polar surface area (TPSA) is 55.4 Å². The molecule has 6 heteroatoms. The van der Waals surface area contributed by atoms with E-state index in [0.29, 0.717) is 12.3 Å². The maximum atomic E-state index is 11.4. The first-order chi connectivity index (χ1) is 12.6. The summed E-state index contributed by atoms with van der Waals surface area (Å²) in [6.07, 6.45) is 1.15. The third kappa shape index (κ3) is 3.56. The molecular weight excluding hydrogens is 426 g/mol. The summed E-state index contributed by atoms with van der Waals surface area (Å²) >= 11 is 3.64. The van der Waals surface area contributed by atoms with E-state index in [1.54, 1.807) is 6.07 Å². The van der Waals surface area contributed by atoms with Crippen LogP contribution in [0.5, 0.6) is 5.75 Å². The smallest absolute Gasteiger partial charge is 0.229 e. The number of ether oxygens (including phenoxy) is 1. The zero-order chi connectivity index (χ0) is 19.4. The summed E-state index contributed by atoms with van der Waals surface area (Å²) in [6.45, 7) is 5.05. The van der Waals surface area contributed by atoms with Crippen LogP contribution in [0.2, 0.25) is 0 Å². The molecule has 1 heterocycles. The maximum Gasteiger partial charge on any atom is 0.229 e. The molecule has 0 saturated carbocycles. The Balaban J connectivity index is 1.77. The molecule has 3 aromatic rings. The predicted molar refractivity (Wildman–Crippen MR) is 114 cm³/mol. The molecule has 0 aromatic heterocycles. The molecule has 4 nitrogen and oxygen atoms in total. The molecule has 3 aromatic carbocycles. The van der Waals surface area contributed by atoms with Crippen molar-refractivity contribution < 1.29 is 13.2 Å². The minimum Gasteiger partial charge on any atom is -0.491 e. The van der Waals surface area contributed by atoms with Crippen molar-refractivity contribution in [3.05, 3.63) is 58.6 Å². The summed E-state index contributed by atoms with van der Waals surface area (Å²) in [5.74, 6) is 0.932. The van der Waals surface area contributed by atoms with Gasteiger partial charge in [-0.25, -0.2) is 8.42 Å². The highest BCUT2D eigenvalue weighted by atomic mass is 79.9. The van der Waals surface area contributed by atoms with Gasteiger partial charge in [0, 0.05) is 16.7 Å². The molecule has 0 bridgehead atoms. The van der Waals surface area contributed by atoms with Crippen molar-refractivity contribution in [3.8, 4) is 16.9 Å². The van der Waals surface area contributed by atoms with Gasteiger partial charge in [0.05, 0.1) is 17.3 Å². The first-order valence-corrected chi connectivity index (χ1v) is 11.3. The highest BCUT2D eigenvalue weighted by molar-refractivity contribution is 9.10. The van der Waals surface area contributed by atoms with Crippen LogP contribution in [0, 0.1) is 0 Å². The molecule has 140 valence electrons. The van der Waals surface area contributed by atoms with Crippen LogP contribution in [0.3, 0.4) is 0 Å². The van der Waals surface area contributed by atoms with E-state index in [1.807, 2.05) is 18.2 Å². The fourth-order valence-electron chi connectivity index (χ4n) is 3.44. The van der Waals surface area contributed by atoms with Gasteiger partial charge in [-0.2, -0.15) is 0 Å². The quantitative estimate of drug-likeness (QED) is 0.593. The summed E-state index contributed by atoms with van der Waals surface area (Å²) in [5, 5.41) is 2.04. The van der Waals surface area contributed by atoms with E-state index in [9.17, 15) is 8.42 Å². The molecule has 0 spiro atoms. The Labute approximate surface area is 167 Å². The summed E-state index contributed by atoms with van der Waals surface area (Å²) in [5.41, 5.74) is 3.99. The molecule has 4 rings (SSSR count). The zero-order valence-electron chi connectivity index (χ0n) is 15.3. The van der Waals surface area contributed by atoms with E-state index in [0.717, 1.165) is 38.4 Å². The van der Waals surface area contributed by atoms with Gasteiger partial charge in [0.1, 0.15) is 5.75 Å². The van der Waals surface area contributed by atoms with Crippen molar-refractivity contribution in [3.63, 3.8) is 0 Å². The lowest BCUT2D eigenvalue weighted by Crippen LogP contribution is -2.18. The fraction of sp³-hybridized carbons (Fsp3) is 0.238. The first kappa shape index (κ1) is 18.3. The van der Waals surface area contributed by atoms with Crippen molar-refractivity contribution in [1.29, 1.82) is 0 Å².